The van der Waals surface area contributed by atoms with Crippen LogP contribution in [0.2, 0.25) is 0 Å². The van der Waals surface area contributed by atoms with Gasteiger partial charge >= 0.3 is 0 Å². The third-order valence-electron chi connectivity index (χ3n) is 2.52. The van der Waals surface area contributed by atoms with E-state index < -0.39 is 0 Å². The lowest BCUT2D eigenvalue weighted by Crippen LogP contribution is -2.02. The molecular weight excluding hydrogens is 210 g/mol. The van der Waals surface area contributed by atoms with E-state index in [0.29, 0.717) is 0 Å². The number of anilines is 1. The van der Waals surface area contributed by atoms with Crippen LogP contribution in [0.15, 0.2) is 48.5 Å². The molecule has 1 heterocycles. The maximum absolute atomic E-state index is 4.36. The van der Waals surface area contributed by atoms with Crippen molar-refractivity contribution in [3.63, 3.8) is 0 Å². The summed E-state index contributed by atoms with van der Waals surface area (Å²) in [6.07, 6.45) is 14.0. The number of hydrogen-bond donors (Lipinski definition) is 1. The smallest absolute Gasteiger partial charge is 0.149 e. The summed E-state index contributed by atoms with van der Waals surface area (Å²) in [5, 5.41) is 3.25. The van der Waals surface area contributed by atoms with Crippen LogP contribution < -0.4 is 5.32 Å². The second-order valence-corrected chi connectivity index (χ2v) is 4.81. The monoisotopic (exact) mass is 227 g/mol. The highest BCUT2D eigenvalue weighted by molar-refractivity contribution is 5.46. The van der Waals surface area contributed by atoms with Gasteiger partial charge in [0.05, 0.1) is 11.9 Å². The van der Waals surface area contributed by atoms with Crippen LogP contribution in [0.1, 0.15) is 19.5 Å². The second-order valence-electron chi connectivity index (χ2n) is 4.81. The minimum Gasteiger partial charge on any atom is -0.339 e. The molecule has 0 fully saturated rings. The lowest BCUT2D eigenvalue weighted by atomic mass is 9.93. The fourth-order valence-corrected chi connectivity index (χ4v) is 1.57. The number of nitrogens with zero attached hydrogens (tertiary/aromatic N) is 2. The van der Waals surface area contributed by atoms with Gasteiger partial charge in [-0.05, 0) is 19.1 Å². The first-order valence-corrected chi connectivity index (χ1v) is 5.70. The van der Waals surface area contributed by atoms with Crippen LogP contribution in [0.5, 0.6) is 0 Å². The van der Waals surface area contributed by atoms with Crippen molar-refractivity contribution in [2.45, 2.75) is 20.8 Å². The second kappa shape index (κ2) is 4.53. The molecule has 1 aliphatic rings. The molecule has 1 aromatic heterocycles. The molecule has 0 atom stereocenters. The number of nitrogens with one attached hydrogen (secondary N) is 1. The fourth-order valence-electron chi connectivity index (χ4n) is 1.57. The van der Waals surface area contributed by atoms with Crippen LogP contribution >= 0.6 is 0 Å². The van der Waals surface area contributed by atoms with Crippen molar-refractivity contribution in [1.29, 1.82) is 0 Å². The molecule has 0 saturated carbocycles. The van der Waals surface area contributed by atoms with E-state index in [9.17, 15) is 0 Å². The van der Waals surface area contributed by atoms with Gasteiger partial charge in [-0.25, -0.2) is 4.98 Å². The Kier molecular flexibility index (Phi) is 3.09. The molecular formula is C14H17N3. The number of allylic oxidation sites excluding steroid dienone is 5. The van der Waals surface area contributed by atoms with Gasteiger partial charge in [0.15, 0.2) is 0 Å². The zero-order valence-electron chi connectivity index (χ0n) is 10.4. The standard InChI is InChI=1S/C14H17N3/c1-11-9-15-10-13(16-11)17-12-5-4-7-14(2,3)8-6-12/h4-10H,1-3H3,(H,16,17). The first-order valence-electron chi connectivity index (χ1n) is 5.70. The van der Waals surface area contributed by atoms with Crippen LogP contribution in [0.25, 0.3) is 0 Å². The maximum Gasteiger partial charge on any atom is 0.149 e. The lowest BCUT2D eigenvalue weighted by Gasteiger charge is -2.12. The average molecular weight is 227 g/mol. The summed E-state index contributed by atoms with van der Waals surface area (Å²) < 4.78 is 0. The molecule has 1 aliphatic carbocycles. The Bertz CT molecular complexity index is 496. The van der Waals surface area contributed by atoms with Crippen LogP contribution in [0.4, 0.5) is 5.82 Å². The van der Waals surface area contributed by atoms with Crippen LogP contribution in [-0.4, -0.2) is 9.97 Å². The predicted octanol–water partition coefficient (Wildman–Crippen LogP) is 3.23. The third kappa shape index (κ3) is 3.28. The van der Waals surface area contributed by atoms with Gasteiger partial charge in [0.1, 0.15) is 5.82 Å². The summed E-state index contributed by atoms with van der Waals surface area (Å²) in [5.74, 6) is 0.772. The molecule has 3 nitrogen and oxygen atoms in total. The number of hydrogen-bond acceptors (Lipinski definition) is 3. The highest BCUT2D eigenvalue weighted by Crippen LogP contribution is 2.22. The molecule has 0 saturated heterocycles. The highest BCUT2D eigenvalue weighted by Gasteiger charge is 2.10. The Labute approximate surface area is 102 Å². The zero-order valence-corrected chi connectivity index (χ0v) is 10.4. The normalized spacial score (nSPS) is 17.5. The molecule has 17 heavy (non-hydrogen) atoms. The molecule has 2 rings (SSSR count). The maximum atomic E-state index is 4.36. The van der Waals surface area contributed by atoms with Gasteiger partial charge in [-0.3, -0.25) is 4.98 Å². The Balaban J connectivity index is 2.16. The molecule has 0 radical (unpaired) electrons. The van der Waals surface area contributed by atoms with Crippen molar-refractivity contribution in [3.05, 3.63) is 54.2 Å². The van der Waals surface area contributed by atoms with Gasteiger partial charge < -0.3 is 5.32 Å². The van der Waals surface area contributed by atoms with E-state index in [1.807, 2.05) is 13.0 Å². The summed E-state index contributed by atoms with van der Waals surface area (Å²) in [4.78, 5) is 8.47. The van der Waals surface area contributed by atoms with Gasteiger partial charge in [0, 0.05) is 17.3 Å². The Morgan fingerprint density at radius 3 is 2.76 bits per heavy atom. The van der Waals surface area contributed by atoms with E-state index in [2.05, 4.69) is 53.4 Å². The fraction of sp³-hybridized carbons (Fsp3) is 0.286. The van der Waals surface area contributed by atoms with E-state index in [1.165, 1.54) is 0 Å². The Morgan fingerprint density at radius 1 is 1.18 bits per heavy atom. The molecule has 0 bridgehead atoms. The highest BCUT2D eigenvalue weighted by atomic mass is 15.0. The first kappa shape index (κ1) is 11.6. The molecule has 88 valence electrons. The molecule has 0 spiro atoms. The minimum absolute atomic E-state index is 0.0954. The average Bonchev–Trinajstić information content (AvgIpc) is 2.41. The van der Waals surface area contributed by atoms with E-state index >= 15 is 0 Å². The Morgan fingerprint density at radius 2 is 2.00 bits per heavy atom. The molecule has 0 amide bonds. The van der Waals surface area contributed by atoms with E-state index in [-0.39, 0.29) is 5.41 Å². The SMILES string of the molecule is Cc1cncc(NC2=CC=CC(C)(C)C=C2)n1. The van der Waals surface area contributed by atoms with Gasteiger partial charge in [0.2, 0.25) is 0 Å². The van der Waals surface area contributed by atoms with E-state index in [4.69, 9.17) is 0 Å². The summed E-state index contributed by atoms with van der Waals surface area (Å²) in [5.41, 5.74) is 2.02. The molecule has 0 aliphatic heterocycles. The van der Waals surface area contributed by atoms with Crippen molar-refractivity contribution < 1.29 is 0 Å². The molecule has 0 unspecified atom stereocenters. The van der Waals surface area contributed by atoms with Crippen molar-refractivity contribution in [2.75, 3.05) is 5.32 Å². The van der Waals surface area contributed by atoms with Gasteiger partial charge in [-0.15, -0.1) is 0 Å². The van der Waals surface area contributed by atoms with Gasteiger partial charge in [-0.1, -0.05) is 32.1 Å². The largest absolute Gasteiger partial charge is 0.339 e. The van der Waals surface area contributed by atoms with E-state index in [1.54, 1.807) is 12.4 Å². The summed E-state index contributed by atoms with van der Waals surface area (Å²) in [7, 11) is 0. The zero-order chi connectivity index (χ0) is 12.3. The first-order chi connectivity index (χ1) is 8.05. The topological polar surface area (TPSA) is 37.8 Å². The number of aryl methyl sites for hydroxylation is 1. The predicted molar refractivity (Wildman–Crippen MR) is 70.5 cm³/mol. The molecule has 1 aromatic rings. The third-order valence-corrected chi connectivity index (χ3v) is 2.52. The van der Waals surface area contributed by atoms with Crippen LogP contribution in [0.3, 0.4) is 0 Å². The van der Waals surface area contributed by atoms with Crippen LogP contribution in [-0.2, 0) is 0 Å². The van der Waals surface area contributed by atoms with E-state index in [0.717, 1.165) is 17.2 Å². The minimum atomic E-state index is 0.0954. The summed E-state index contributed by atoms with van der Waals surface area (Å²) >= 11 is 0. The van der Waals surface area contributed by atoms with Gasteiger partial charge in [0.25, 0.3) is 0 Å². The summed E-state index contributed by atoms with van der Waals surface area (Å²) in [6, 6.07) is 0. The van der Waals surface area contributed by atoms with Crippen molar-refractivity contribution in [3.8, 4) is 0 Å². The van der Waals surface area contributed by atoms with Crippen molar-refractivity contribution >= 4 is 5.82 Å². The van der Waals surface area contributed by atoms with Crippen molar-refractivity contribution in [1.82, 2.24) is 9.97 Å². The quantitative estimate of drug-likeness (QED) is 0.842. The van der Waals surface area contributed by atoms with Crippen LogP contribution in [0, 0.1) is 12.3 Å². The molecule has 0 aromatic carbocycles. The Hall–Kier alpha value is -1.90. The number of rotatable bonds is 2. The molecule has 3 heteroatoms. The number of aromatic nitrogens is 2. The molecule has 1 N–H and O–H groups in total. The van der Waals surface area contributed by atoms with Crippen molar-refractivity contribution in [2.24, 2.45) is 5.41 Å². The summed E-state index contributed by atoms with van der Waals surface area (Å²) in [6.45, 7) is 6.27. The van der Waals surface area contributed by atoms with Gasteiger partial charge in [-0.2, -0.15) is 0 Å². The lowest BCUT2D eigenvalue weighted by molar-refractivity contribution is 0.627.